The first-order valence-electron chi connectivity index (χ1n) is 10.4. The van der Waals surface area contributed by atoms with Gasteiger partial charge in [-0.3, -0.25) is 0 Å². The first kappa shape index (κ1) is 23.8. The molecule has 31 heavy (non-hydrogen) atoms. The molecule has 0 fully saturated rings. The van der Waals surface area contributed by atoms with Crippen molar-refractivity contribution in [3.8, 4) is 0 Å². The van der Waals surface area contributed by atoms with Crippen LogP contribution < -0.4 is 0 Å². The normalized spacial score (nSPS) is 14.4. The van der Waals surface area contributed by atoms with Crippen molar-refractivity contribution in [3.63, 3.8) is 0 Å². The topological polar surface area (TPSA) is 83.6 Å². The minimum atomic E-state index is -3.81. The highest BCUT2D eigenvalue weighted by molar-refractivity contribution is 7.98. The maximum absolute atomic E-state index is 13.5. The quantitative estimate of drug-likeness (QED) is 0.449. The van der Waals surface area contributed by atoms with E-state index < -0.39 is 16.1 Å². The van der Waals surface area contributed by atoms with Crippen LogP contribution in [0.2, 0.25) is 0 Å². The molecule has 0 aliphatic carbocycles. The zero-order valence-corrected chi connectivity index (χ0v) is 20.0. The highest BCUT2D eigenvalue weighted by Gasteiger charge is 2.29. The molecule has 8 heteroatoms. The lowest BCUT2D eigenvalue weighted by molar-refractivity contribution is 0.0919. The smallest absolute Gasteiger partial charge is 0.256 e. The molecule has 1 N–H and O–H groups in total. The van der Waals surface area contributed by atoms with Crippen LogP contribution in [0, 0.1) is 11.8 Å². The molecule has 0 aliphatic rings. The summed E-state index contributed by atoms with van der Waals surface area (Å²) in [6, 6.07) is 14.6. The van der Waals surface area contributed by atoms with Gasteiger partial charge in [0.05, 0.1) is 11.0 Å². The Morgan fingerprint density at radius 1 is 1.10 bits per heavy atom. The van der Waals surface area contributed by atoms with Gasteiger partial charge in [-0.15, -0.1) is 0 Å². The van der Waals surface area contributed by atoms with Crippen LogP contribution in [0.25, 0.3) is 11.1 Å². The maximum atomic E-state index is 13.5. The van der Waals surface area contributed by atoms with E-state index in [1.165, 1.54) is 22.1 Å². The first-order valence-corrected chi connectivity index (χ1v) is 13.0. The molecule has 2 atom stereocenters. The second-order valence-electron chi connectivity index (χ2n) is 8.26. The number of thioether (sulfide) groups is 1. The third-order valence-corrected chi connectivity index (χ3v) is 7.52. The van der Waals surface area contributed by atoms with Crippen molar-refractivity contribution < 1.29 is 17.9 Å². The molecule has 0 unspecified atom stereocenters. The van der Waals surface area contributed by atoms with E-state index in [9.17, 15) is 13.5 Å². The molecule has 1 aromatic heterocycles. The maximum Gasteiger partial charge on any atom is 0.256 e. The number of oxazole rings is 1. The Hall–Kier alpha value is -1.87. The fraction of sp³-hybridized carbons (Fsp3) is 0.435. The summed E-state index contributed by atoms with van der Waals surface area (Å²) in [4.78, 5) is 4.45. The third kappa shape index (κ3) is 5.88. The predicted molar refractivity (Wildman–Crippen MR) is 125 cm³/mol. The molecule has 0 radical (unpaired) electrons. The summed E-state index contributed by atoms with van der Waals surface area (Å²) in [6.07, 6.45) is 1.75. The molecule has 3 rings (SSSR count). The fourth-order valence-electron chi connectivity index (χ4n) is 3.47. The van der Waals surface area contributed by atoms with Crippen LogP contribution in [0.4, 0.5) is 0 Å². The van der Waals surface area contributed by atoms with Crippen molar-refractivity contribution in [2.24, 2.45) is 11.8 Å². The zero-order valence-electron chi connectivity index (χ0n) is 18.4. The van der Waals surface area contributed by atoms with Gasteiger partial charge in [-0.2, -0.15) is 4.31 Å². The van der Waals surface area contributed by atoms with Crippen molar-refractivity contribution in [3.05, 3.63) is 54.1 Å². The van der Waals surface area contributed by atoms with E-state index in [-0.39, 0.29) is 23.3 Å². The van der Waals surface area contributed by atoms with E-state index in [2.05, 4.69) is 4.98 Å². The van der Waals surface area contributed by atoms with Gasteiger partial charge < -0.3 is 9.52 Å². The number of nitrogens with zero attached hydrogens (tertiary/aromatic N) is 2. The van der Waals surface area contributed by atoms with Gasteiger partial charge in [0.25, 0.3) is 5.22 Å². The van der Waals surface area contributed by atoms with Crippen molar-refractivity contribution in [2.75, 3.05) is 19.3 Å². The van der Waals surface area contributed by atoms with Crippen molar-refractivity contribution in [2.45, 2.75) is 43.4 Å². The number of fused-ring (bicyclic) bond motifs is 1. The Morgan fingerprint density at radius 2 is 1.81 bits per heavy atom. The molecular weight excluding hydrogens is 432 g/mol. The van der Waals surface area contributed by atoms with Gasteiger partial charge in [0.2, 0.25) is 10.0 Å². The summed E-state index contributed by atoms with van der Waals surface area (Å²) in [5.74, 6) is 0.0247. The number of sulfonamides is 1. The molecule has 3 aromatic rings. The summed E-state index contributed by atoms with van der Waals surface area (Å²) in [5.41, 5.74) is 2.18. The Labute approximate surface area is 188 Å². The molecule has 0 spiro atoms. The van der Waals surface area contributed by atoms with Gasteiger partial charge in [0, 0.05) is 19.2 Å². The van der Waals surface area contributed by atoms with Gasteiger partial charge in [-0.05, 0) is 42.2 Å². The van der Waals surface area contributed by atoms with Crippen molar-refractivity contribution in [1.29, 1.82) is 0 Å². The first-order chi connectivity index (χ1) is 14.7. The highest BCUT2D eigenvalue weighted by Crippen LogP contribution is 2.27. The fourth-order valence-corrected chi connectivity index (χ4v) is 5.47. The van der Waals surface area contributed by atoms with E-state index in [4.69, 9.17) is 4.42 Å². The number of benzene rings is 2. The minimum Gasteiger partial charge on any atom is -0.431 e. The molecule has 168 valence electrons. The van der Waals surface area contributed by atoms with Crippen LogP contribution >= 0.6 is 11.8 Å². The number of hydrogen-bond acceptors (Lipinski definition) is 6. The SMILES string of the molecule is CSc1nc2ccc(S(=O)(=O)N(CC(C)C)C[C@@H](O)[C@@H](C)Cc3ccccc3)cc2o1. The average Bonchev–Trinajstić information content (AvgIpc) is 3.16. The van der Waals surface area contributed by atoms with Gasteiger partial charge in [-0.25, -0.2) is 13.4 Å². The average molecular weight is 463 g/mol. The zero-order chi connectivity index (χ0) is 22.6. The van der Waals surface area contributed by atoms with Gasteiger partial charge >= 0.3 is 0 Å². The number of aliphatic hydroxyl groups is 1. The van der Waals surface area contributed by atoms with Crippen LogP contribution in [0.5, 0.6) is 0 Å². The summed E-state index contributed by atoms with van der Waals surface area (Å²) in [6.45, 7) is 6.24. The molecule has 0 saturated heterocycles. The molecule has 2 aromatic carbocycles. The predicted octanol–water partition coefficient (Wildman–Crippen LogP) is 4.44. The molecular formula is C23H30N2O4S2. The summed E-state index contributed by atoms with van der Waals surface area (Å²) >= 11 is 1.36. The van der Waals surface area contributed by atoms with Crippen LogP contribution in [0.15, 0.2) is 63.1 Å². The number of aliphatic hydroxyl groups excluding tert-OH is 1. The van der Waals surface area contributed by atoms with Crippen LogP contribution in [0.3, 0.4) is 0 Å². The standard InChI is InChI=1S/C23H30N2O4S2/c1-16(2)14-25(15-21(26)17(3)12-18-8-6-5-7-9-18)31(27,28)19-10-11-20-22(13-19)29-23(24-20)30-4/h5-11,13,16-17,21,26H,12,14-15H2,1-4H3/t17-,21+/m0/s1. The van der Waals surface area contributed by atoms with E-state index >= 15 is 0 Å². The van der Waals surface area contributed by atoms with Gasteiger partial charge in [0.15, 0.2) is 5.58 Å². The lowest BCUT2D eigenvalue weighted by Crippen LogP contribution is -2.42. The molecule has 0 bridgehead atoms. The number of rotatable bonds is 10. The van der Waals surface area contributed by atoms with E-state index in [0.717, 1.165) is 5.56 Å². The molecule has 0 saturated carbocycles. The summed E-state index contributed by atoms with van der Waals surface area (Å²) in [5, 5.41) is 11.3. The van der Waals surface area contributed by atoms with Gasteiger partial charge in [-0.1, -0.05) is 62.9 Å². The van der Waals surface area contributed by atoms with Crippen LogP contribution in [0.1, 0.15) is 26.3 Å². The lowest BCUT2D eigenvalue weighted by atomic mass is 9.96. The second-order valence-corrected chi connectivity index (χ2v) is 11.0. The Kier molecular flexibility index (Phi) is 7.80. The highest BCUT2D eigenvalue weighted by atomic mass is 32.2. The van der Waals surface area contributed by atoms with Crippen LogP contribution in [-0.2, 0) is 16.4 Å². The van der Waals surface area contributed by atoms with Gasteiger partial charge in [0.1, 0.15) is 5.52 Å². The second kappa shape index (κ2) is 10.2. The number of hydrogen-bond donors (Lipinski definition) is 1. The molecule has 1 heterocycles. The van der Waals surface area contributed by atoms with Crippen LogP contribution in [-0.4, -0.2) is 48.3 Å². The molecule has 6 nitrogen and oxygen atoms in total. The minimum absolute atomic E-state index is 0.0407. The number of aromatic nitrogens is 1. The third-order valence-electron chi connectivity index (χ3n) is 5.17. The summed E-state index contributed by atoms with van der Waals surface area (Å²) in [7, 11) is -3.81. The lowest BCUT2D eigenvalue weighted by Gasteiger charge is -2.28. The monoisotopic (exact) mass is 462 g/mol. The molecule has 0 amide bonds. The Balaban J connectivity index is 1.83. The van der Waals surface area contributed by atoms with E-state index in [0.29, 0.717) is 29.3 Å². The van der Waals surface area contributed by atoms with Crippen molar-refractivity contribution in [1.82, 2.24) is 9.29 Å². The van der Waals surface area contributed by atoms with Crippen molar-refractivity contribution >= 4 is 32.9 Å². The summed E-state index contributed by atoms with van der Waals surface area (Å²) < 4.78 is 33.9. The van der Waals surface area contributed by atoms with E-state index in [1.54, 1.807) is 12.1 Å². The molecule has 0 aliphatic heterocycles. The van der Waals surface area contributed by atoms with E-state index in [1.807, 2.05) is 57.4 Å². The Morgan fingerprint density at radius 3 is 2.45 bits per heavy atom. The largest absolute Gasteiger partial charge is 0.431 e. The Bertz CT molecular complexity index is 1100.